The molecule has 1 saturated heterocycles. The normalized spacial score (nSPS) is 16.9. The third kappa shape index (κ3) is 5.25. The van der Waals surface area contributed by atoms with E-state index in [0.717, 1.165) is 4.96 Å². The summed E-state index contributed by atoms with van der Waals surface area (Å²) in [4.78, 5) is 46.3. The van der Waals surface area contributed by atoms with Gasteiger partial charge in [-0.2, -0.15) is 0 Å². The van der Waals surface area contributed by atoms with Gasteiger partial charge in [-0.25, -0.2) is 13.7 Å². The fourth-order valence-electron chi connectivity index (χ4n) is 3.86. The Morgan fingerprint density at radius 1 is 1.26 bits per heavy atom. The number of amides is 3. The SMILES string of the molecule is CC(C)(C)OC(=O)NC(C(=O)N1CCCC1C(=O)N(Br)c1cn2ccsc2n1)c1ccccc1. The number of imidazole rings is 1. The molecule has 0 radical (unpaired) electrons. The van der Waals surface area contributed by atoms with E-state index in [-0.39, 0.29) is 11.8 Å². The molecule has 4 rings (SSSR count). The molecule has 11 heteroatoms. The van der Waals surface area contributed by atoms with Crippen molar-refractivity contribution >= 4 is 56.2 Å². The van der Waals surface area contributed by atoms with Crippen molar-refractivity contribution in [2.45, 2.75) is 51.3 Å². The van der Waals surface area contributed by atoms with Crippen LogP contribution in [0.5, 0.6) is 0 Å². The average Bonchev–Trinajstić information content (AvgIpc) is 3.51. The van der Waals surface area contributed by atoms with Crippen molar-refractivity contribution < 1.29 is 19.1 Å². The van der Waals surface area contributed by atoms with Crippen LogP contribution in [0.25, 0.3) is 4.96 Å². The number of aromatic nitrogens is 2. The first-order valence-corrected chi connectivity index (χ1v) is 12.5. The van der Waals surface area contributed by atoms with Gasteiger partial charge in [0.05, 0.1) is 22.3 Å². The number of carbonyl (C=O) groups is 3. The minimum atomic E-state index is -0.980. The number of anilines is 1. The molecule has 1 N–H and O–H groups in total. The molecule has 1 aromatic carbocycles. The maximum Gasteiger partial charge on any atom is 0.408 e. The summed E-state index contributed by atoms with van der Waals surface area (Å²) in [6, 6.07) is 7.29. The highest BCUT2D eigenvalue weighted by atomic mass is 79.9. The first-order chi connectivity index (χ1) is 16.1. The topological polar surface area (TPSA) is 96.2 Å². The summed E-state index contributed by atoms with van der Waals surface area (Å²) >= 11 is 4.80. The molecule has 3 heterocycles. The molecule has 0 saturated carbocycles. The van der Waals surface area contributed by atoms with Crippen LogP contribution in [0.15, 0.2) is 48.1 Å². The van der Waals surface area contributed by atoms with Gasteiger partial charge >= 0.3 is 6.09 Å². The molecule has 3 amide bonds. The number of fused-ring (bicyclic) bond motifs is 1. The van der Waals surface area contributed by atoms with E-state index in [9.17, 15) is 14.4 Å². The summed E-state index contributed by atoms with van der Waals surface area (Å²) in [5.41, 5.74) is -0.101. The maximum absolute atomic E-state index is 13.7. The molecule has 2 unspecified atom stereocenters. The van der Waals surface area contributed by atoms with Gasteiger partial charge < -0.3 is 15.0 Å². The number of alkyl carbamates (subject to hydrolysis) is 1. The van der Waals surface area contributed by atoms with Crippen LogP contribution in [0.3, 0.4) is 0 Å². The number of carbonyl (C=O) groups excluding carboxylic acids is 3. The lowest BCUT2D eigenvalue weighted by atomic mass is 10.0. The Morgan fingerprint density at radius 2 is 2.00 bits per heavy atom. The van der Waals surface area contributed by atoms with Crippen molar-refractivity contribution in [3.63, 3.8) is 0 Å². The van der Waals surface area contributed by atoms with Crippen LogP contribution in [0.2, 0.25) is 0 Å². The van der Waals surface area contributed by atoms with Crippen LogP contribution in [0, 0.1) is 0 Å². The van der Waals surface area contributed by atoms with E-state index in [1.807, 2.05) is 22.0 Å². The summed E-state index contributed by atoms with van der Waals surface area (Å²) in [6.07, 6.45) is 4.10. The summed E-state index contributed by atoms with van der Waals surface area (Å²) in [5, 5.41) is 4.61. The van der Waals surface area contributed by atoms with Crippen molar-refractivity contribution in [3.05, 3.63) is 53.7 Å². The van der Waals surface area contributed by atoms with E-state index >= 15 is 0 Å². The Morgan fingerprint density at radius 3 is 2.68 bits per heavy atom. The van der Waals surface area contributed by atoms with Gasteiger partial charge in [-0.3, -0.25) is 14.0 Å². The highest BCUT2D eigenvalue weighted by molar-refractivity contribution is 9.10. The summed E-state index contributed by atoms with van der Waals surface area (Å²) in [5.74, 6) is -0.206. The average molecular weight is 548 g/mol. The lowest BCUT2D eigenvalue weighted by molar-refractivity contribution is -0.138. The van der Waals surface area contributed by atoms with Crippen molar-refractivity contribution in [2.75, 3.05) is 10.5 Å². The number of rotatable bonds is 5. The molecule has 0 spiro atoms. The van der Waals surface area contributed by atoms with E-state index in [2.05, 4.69) is 26.4 Å². The van der Waals surface area contributed by atoms with Gasteiger partial charge in [0.25, 0.3) is 11.8 Å². The smallest absolute Gasteiger partial charge is 0.408 e. The number of thiazole rings is 1. The number of ether oxygens (including phenoxy) is 1. The highest BCUT2D eigenvalue weighted by Gasteiger charge is 2.40. The minimum Gasteiger partial charge on any atom is -0.444 e. The first kappa shape index (κ1) is 24.2. The van der Waals surface area contributed by atoms with Crippen molar-refractivity contribution in [1.82, 2.24) is 19.6 Å². The zero-order valence-electron chi connectivity index (χ0n) is 19.1. The van der Waals surface area contributed by atoms with Crippen molar-refractivity contribution in [2.24, 2.45) is 0 Å². The maximum atomic E-state index is 13.7. The highest BCUT2D eigenvalue weighted by Crippen LogP contribution is 2.29. The van der Waals surface area contributed by atoms with Gasteiger partial charge in [-0.1, -0.05) is 30.3 Å². The Kier molecular flexibility index (Phi) is 6.94. The molecule has 180 valence electrons. The molecule has 2 atom stereocenters. The first-order valence-electron chi connectivity index (χ1n) is 10.9. The number of likely N-dealkylation sites (tertiary alicyclic amines) is 1. The molecule has 1 aliphatic heterocycles. The monoisotopic (exact) mass is 547 g/mol. The molecule has 1 aliphatic rings. The third-order valence-corrected chi connectivity index (χ3v) is 6.82. The number of hydrogen-bond acceptors (Lipinski definition) is 6. The Labute approximate surface area is 210 Å². The number of hydrogen-bond donors (Lipinski definition) is 1. The van der Waals surface area contributed by atoms with E-state index < -0.39 is 23.8 Å². The predicted octanol–water partition coefficient (Wildman–Crippen LogP) is 4.30. The van der Waals surface area contributed by atoms with Gasteiger partial charge in [0.1, 0.15) is 17.7 Å². The third-order valence-electron chi connectivity index (χ3n) is 5.34. The number of halogens is 1. The molecule has 3 aromatic rings. The fourth-order valence-corrected chi connectivity index (χ4v) is 4.97. The van der Waals surface area contributed by atoms with E-state index in [4.69, 9.17) is 4.74 Å². The lowest BCUT2D eigenvalue weighted by Gasteiger charge is -2.30. The molecular formula is C23H26BrN5O4S. The Balaban J connectivity index is 1.55. The summed E-state index contributed by atoms with van der Waals surface area (Å²) in [6.45, 7) is 5.68. The number of nitrogens with zero attached hydrogens (tertiary/aromatic N) is 4. The largest absolute Gasteiger partial charge is 0.444 e. The number of benzene rings is 1. The van der Waals surface area contributed by atoms with Crippen molar-refractivity contribution in [3.8, 4) is 0 Å². The molecule has 1 fully saturated rings. The van der Waals surface area contributed by atoms with Crippen LogP contribution in [0.1, 0.15) is 45.2 Å². The van der Waals surface area contributed by atoms with Gasteiger partial charge in [-0.15, -0.1) is 11.3 Å². The van der Waals surface area contributed by atoms with Gasteiger partial charge in [-0.05, 0) is 39.2 Å². The fraction of sp³-hybridized carbons (Fsp3) is 0.391. The van der Waals surface area contributed by atoms with Crippen LogP contribution in [0.4, 0.5) is 10.6 Å². The van der Waals surface area contributed by atoms with E-state index in [1.54, 1.807) is 51.2 Å². The number of nitrogens with one attached hydrogen (secondary N) is 1. The Bertz CT molecular complexity index is 1160. The molecule has 9 nitrogen and oxygen atoms in total. The van der Waals surface area contributed by atoms with Gasteiger partial charge in [0, 0.05) is 18.1 Å². The lowest BCUT2D eigenvalue weighted by Crippen LogP contribution is -2.50. The van der Waals surface area contributed by atoms with Gasteiger partial charge in [0.2, 0.25) is 0 Å². The molecule has 0 bridgehead atoms. The standard InChI is InChI=1S/C23H26BrN5O4S/c1-23(2,3)33-22(32)26-18(15-8-5-4-6-9-15)20(31)28-11-7-10-16(28)19(30)29(24)17-14-27-12-13-34-21(27)25-17/h4-6,8-9,12-14,16,18H,7,10-11H2,1-3H3,(H,26,32). The minimum absolute atomic E-state index is 0.291. The summed E-state index contributed by atoms with van der Waals surface area (Å²) in [7, 11) is 0. The zero-order valence-corrected chi connectivity index (χ0v) is 21.5. The Hall–Kier alpha value is -2.92. The predicted molar refractivity (Wildman–Crippen MR) is 133 cm³/mol. The second kappa shape index (κ2) is 9.75. The zero-order chi connectivity index (χ0) is 24.5. The van der Waals surface area contributed by atoms with Crippen LogP contribution < -0.4 is 9.24 Å². The molecule has 34 heavy (non-hydrogen) atoms. The van der Waals surface area contributed by atoms with Crippen LogP contribution in [-0.4, -0.2) is 50.4 Å². The van der Waals surface area contributed by atoms with Crippen LogP contribution >= 0.6 is 27.5 Å². The van der Waals surface area contributed by atoms with Crippen LogP contribution in [-0.2, 0) is 14.3 Å². The quantitative estimate of drug-likeness (QED) is 0.480. The molecule has 2 aromatic heterocycles. The van der Waals surface area contributed by atoms with Crippen molar-refractivity contribution in [1.29, 1.82) is 0 Å². The summed E-state index contributed by atoms with van der Waals surface area (Å²) < 4.78 is 8.52. The second-order valence-corrected chi connectivity index (χ2v) is 10.6. The molecular weight excluding hydrogens is 522 g/mol. The molecule has 0 aliphatic carbocycles. The van der Waals surface area contributed by atoms with E-state index in [1.165, 1.54) is 20.2 Å². The van der Waals surface area contributed by atoms with E-state index in [0.29, 0.717) is 30.8 Å². The van der Waals surface area contributed by atoms with Gasteiger partial charge in [0.15, 0.2) is 10.8 Å². The second-order valence-electron chi connectivity index (χ2n) is 8.99.